The van der Waals surface area contributed by atoms with Crippen molar-refractivity contribution in [3.63, 3.8) is 0 Å². The number of halogens is 1. The quantitative estimate of drug-likeness (QED) is 0.803. The second-order valence-electron chi connectivity index (χ2n) is 5.23. The first-order valence-electron chi connectivity index (χ1n) is 7.04. The van der Waals surface area contributed by atoms with Gasteiger partial charge in [-0.05, 0) is 36.2 Å². The van der Waals surface area contributed by atoms with Crippen LogP contribution in [-0.2, 0) is 13.1 Å². The summed E-state index contributed by atoms with van der Waals surface area (Å²) in [6, 6.07) is 7.68. The van der Waals surface area contributed by atoms with Gasteiger partial charge >= 0.3 is 0 Å². The lowest BCUT2D eigenvalue weighted by Crippen LogP contribution is -2.12. The van der Waals surface area contributed by atoms with Gasteiger partial charge in [0, 0.05) is 30.2 Å². The number of carbonyl (C=O) groups excluding carboxylic acids is 1. The molecule has 1 aliphatic heterocycles. The second kappa shape index (κ2) is 4.55. The largest absolute Gasteiger partial charge is 0.348 e. The molecule has 3 heterocycles. The van der Waals surface area contributed by atoms with E-state index in [0.717, 1.165) is 33.1 Å². The highest BCUT2D eigenvalue weighted by molar-refractivity contribution is 6.12. The Hall–Kier alpha value is -2.43. The average molecular weight is 283 g/mol. The molecule has 0 unspecified atom stereocenters. The van der Waals surface area contributed by atoms with Crippen LogP contribution in [0.1, 0.15) is 22.3 Å². The monoisotopic (exact) mass is 283 g/mol. The Balaban J connectivity index is 2.10. The van der Waals surface area contributed by atoms with E-state index in [9.17, 15) is 9.18 Å². The van der Waals surface area contributed by atoms with Crippen molar-refractivity contribution >= 4 is 27.8 Å². The number of aromatic nitrogens is 2. The number of benzene rings is 1. The van der Waals surface area contributed by atoms with Crippen molar-refractivity contribution in [1.29, 1.82) is 0 Å². The van der Waals surface area contributed by atoms with E-state index in [-0.39, 0.29) is 12.6 Å². The summed E-state index contributed by atoms with van der Waals surface area (Å²) >= 11 is 0. The molecule has 0 radical (unpaired) electrons. The Morgan fingerprint density at radius 3 is 3.05 bits per heavy atom. The molecule has 4 rings (SSSR count). The molecule has 0 saturated carbocycles. The van der Waals surface area contributed by atoms with Crippen LogP contribution in [0.5, 0.6) is 0 Å². The van der Waals surface area contributed by atoms with Crippen LogP contribution in [0.25, 0.3) is 21.9 Å². The minimum atomic E-state index is -0.341. The van der Waals surface area contributed by atoms with Crippen molar-refractivity contribution in [1.82, 2.24) is 14.9 Å². The molecule has 0 aliphatic carbocycles. The van der Waals surface area contributed by atoms with Gasteiger partial charge in [0.1, 0.15) is 0 Å². The molecule has 21 heavy (non-hydrogen) atoms. The van der Waals surface area contributed by atoms with E-state index in [1.54, 1.807) is 6.20 Å². The van der Waals surface area contributed by atoms with Crippen molar-refractivity contribution in [3.8, 4) is 0 Å². The maximum atomic E-state index is 12.6. The van der Waals surface area contributed by atoms with Gasteiger partial charge in [0.15, 0.2) is 0 Å². The summed E-state index contributed by atoms with van der Waals surface area (Å²) in [6.45, 7) is 0.805. The van der Waals surface area contributed by atoms with Crippen molar-refractivity contribution < 1.29 is 9.18 Å². The molecule has 5 heteroatoms. The number of hydrogen-bond acceptors (Lipinski definition) is 2. The number of aryl methyl sites for hydroxylation is 1. The number of hydrogen-bond donors (Lipinski definition) is 1. The molecule has 0 bridgehead atoms. The van der Waals surface area contributed by atoms with Crippen LogP contribution in [-0.4, -0.2) is 22.1 Å². The van der Waals surface area contributed by atoms with E-state index in [1.807, 2.05) is 24.3 Å². The predicted molar refractivity (Wildman–Crippen MR) is 79.0 cm³/mol. The summed E-state index contributed by atoms with van der Waals surface area (Å²) in [5, 5.41) is 3.87. The Morgan fingerprint density at radius 2 is 2.19 bits per heavy atom. The van der Waals surface area contributed by atoms with Gasteiger partial charge in [-0.15, -0.1) is 0 Å². The molecule has 1 aromatic carbocycles. The number of nitrogens with one attached hydrogen (secondary N) is 1. The SMILES string of the molecule is O=C1NCc2c1ccc1c2c2ncccc2n1CCCF. The smallest absolute Gasteiger partial charge is 0.251 e. The summed E-state index contributed by atoms with van der Waals surface area (Å²) < 4.78 is 14.7. The zero-order valence-corrected chi connectivity index (χ0v) is 11.4. The maximum Gasteiger partial charge on any atom is 0.251 e. The first-order valence-corrected chi connectivity index (χ1v) is 7.04. The number of amides is 1. The van der Waals surface area contributed by atoms with Crippen LogP contribution in [0.4, 0.5) is 4.39 Å². The van der Waals surface area contributed by atoms with Gasteiger partial charge in [-0.3, -0.25) is 14.2 Å². The first-order chi connectivity index (χ1) is 10.3. The Kier molecular flexibility index (Phi) is 2.67. The molecule has 1 amide bonds. The summed E-state index contributed by atoms with van der Waals surface area (Å²) in [5.41, 5.74) is 4.62. The lowest BCUT2D eigenvalue weighted by molar-refractivity contribution is 0.0966. The van der Waals surface area contributed by atoms with Gasteiger partial charge < -0.3 is 9.88 Å². The van der Waals surface area contributed by atoms with Crippen LogP contribution in [0.2, 0.25) is 0 Å². The summed E-state index contributed by atoms with van der Waals surface area (Å²) in [6.07, 6.45) is 2.23. The minimum absolute atomic E-state index is 0.0347. The number of nitrogens with zero attached hydrogens (tertiary/aromatic N) is 2. The third kappa shape index (κ3) is 1.67. The van der Waals surface area contributed by atoms with E-state index < -0.39 is 0 Å². The van der Waals surface area contributed by atoms with Gasteiger partial charge in [0.25, 0.3) is 5.91 Å². The first kappa shape index (κ1) is 12.3. The van der Waals surface area contributed by atoms with E-state index in [2.05, 4.69) is 14.9 Å². The zero-order valence-electron chi connectivity index (χ0n) is 11.4. The van der Waals surface area contributed by atoms with Crippen molar-refractivity contribution in [2.75, 3.05) is 6.67 Å². The number of alkyl halides is 1. The fourth-order valence-corrected chi connectivity index (χ4v) is 3.18. The number of rotatable bonds is 3. The predicted octanol–water partition coefficient (Wildman–Crippen LogP) is 2.79. The molecule has 0 fully saturated rings. The highest BCUT2D eigenvalue weighted by Crippen LogP contribution is 2.33. The van der Waals surface area contributed by atoms with E-state index in [0.29, 0.717) is 19.5 Å². The average Bonchev–Trinajstić information content (AvgIpc) is 3.04. The standard InChI is InChI=1S/C16H14FN3O/c17-6-2-8-20-12-5-4-10-11(9-19-16(10)21)14(12)15-13(20)3-1-7-18-15/h1,3-5,7H,2,6,8-9H2,(H,19,21). The maximum absolute atomic E-state index is 12.6. The van der Waals surface area contributed by atoms with Crippen LogP contribution < -0.4 is 5.32 Å². The Labute approximate surface area is 120 Å². The molecule has 1 aliphatic rings. The lowest BCUT2D eigenvalue weighted by Gasteiger charge is -2.05. The normalized spacial score (nSPS) is 13.9. The van der Waals surface area contributed by atoms with E-state index in [1.165, 1.54) is 0 Å². The van der Waals surface area contributed by atoms with Gasteiger partial charge in [-0.1, -0.05) is 0 Å². The van der Waals surface area contributed by atoms with Gasteiger partial charge in [-0.2, -0.15) is 0 Å². The molecule has 3 aromatic rings. The molecular weight excluding hydrogens is 269 g/mol. The van der Waals surface area contributed by atoms with Crippen LogP contribution in [0, 0.1) is 0 Å². The highest BCUT2D eigenvalue weighted by atomic mass is 19.1. The van der Waals surface area contributed by atoms with Crippen LogP contribution in [0.15, 0.2) is 30.5 Å². The van der Waals surface area contributed by atoms with Gasteiger partial charge in [0.05, 0.1) is 23.2 Å². The lowest BCUT2D eigenvalue weighted by atomic mass is 10.0. The fourth-order valence-electron chi connectivity index (χ4n) is 3.18. The second-order valence-corrected chi connectivity index (χ2v) is 5.23. The number of fused-ring (bicyclic) bond motifs is 5. The van der Waals surface area contributed by atoms with Crippen molar-refractivity contribution in [2.24, 2.45) is 0 Å². The molecule has 0 spiro atoms. The van der Waals surface area contributed by atoms with Crippen LogP contribution >= 0.6 is 0 Å². The summed E-state index contributed by atoms with van der Waals surface area (Å²) in [7, 11) is 0. The molecule has 2 aromatic heterocycles. The molecule has 4 nitrogen and oxygen atoms in total. The Morgan fingerprint density at radius 1 is 1.29 bits per heavy atom. The molecule has 0 saturated heterocycles. The molecule has 1 N–H and O–H groups in total. The molecule has 0 atom stereocenters. The Bertz CT molecular complexity index is 869. The van der Waals surface area contributed by atoms with Crippen molar-refractivity contribution in [2.45, 2.75) is 19.5 Å². The molecular formula is C16H14FN3O. The number of pyridine rings is 1. The zero-order chi connectivity index (χ0) is 14.4. The topological polar surface area (TPSA) is 46.9 Å². The van der Waals surface area contributed by atoms with Crippen LogP contribution in [0.3, 0.4) is 0 Å². The summed E-state index contributed by atoms with van der Waals surface area (Å²) in [5.74, 6) is -0.0347. The van der Waals surface area contributed by atoms with Gasteiger partial charge in [0.2, 0.25) is 0 Å². The third-order valence-corrected chi connectivity index (χ3v) is 4.08. The van der Waals surface area contributed by atoms with Gasteiger partial charge in [-0.25, -0.2) is 0 Å². The van der Waals surface area contributed by atoms with E-state index >= 15 is 0 Å². The molecule has 106 valence electrons. The highest BCUT2D eigenvalue weighted by Gasteiger charge is 2.24. The fraction of sp³-hybridized carbons (Fsp3) is 0.250. The van der Waals surface area contributed by atoms with Crippen molar-refractivity contribution in [3.05, 3.63) is 41.6 Å². The third-order valence-electron chi connectivity index (χ3n) is 4.08. The minimum Gasteiger partial charge on any atom is -0.348 e. The number of carbonyl (C=O) groups is 1. The summed E-state index contributed by atoms with van der Waals surface area (Å²) in [4.78, 5) is 16.3. The van der Waals surface area contributed by atoms with E-state index in [4.69, 9.17) is 0 Å².